The minimum atomic E-state index is -4.17. The van der Waals surface area contributed by atoms with Gasteiger partial charge >= 0.3 is 5.97 Å². The number of rotatable bonds is 9. The molecule has 0 bridgehead atoms. The third-order valence-electron chi connectivity index (χ3n) is 3.85. The molecule has 0 aliphatic heterocycles. The van der Waals surface area contributed by atoms with Crippen LogP contribution in [0.3, 0.4) is 0 Å². The van der Waals surface area contributed by atoms with Crippen molar-refractivity contribution in [3.05, 3.63) is 67.0 Å². The Hall–Kier alpha value is -2.75. The summed E-state index contributed by atoms with van der Waals surface area (Å²) in [5, 5.41) is 9.62. The Morgan fingerprint density at radius 1 is 1.18 bits per heavy atom. The highest BCUT2D eigenvalue weighted by atomic mass is 32.2. The zero-order chi connectivity index (χ0) is 20.8. The molecular weight excluding hydrogens is 389 g/mol. The van der Waals surface area contributed by atoms with Crippen LogP contribution in [0.15, 0.2) is 66.1 Å². The van der Waals surface area contributed by atoms with Crippen molar-refractivity contribution in [2.75, 3.05) is 13.7 Å². The van der Waals surface area contributed by atoms with Crippen molar-refractivity contribution in [1.29, 1.82) is 0 Å². The average molecular weight is 409 g/mol. The molecule has 7 nitrogen and oxygen atoms in total. The van der Waals surface area contributed by atoms with Crippen LogP contribution < -0.4 is 9.46 Å². The van der Waals surface area contributed by atoms with Gasteiger partial charge in [0.05, 0.1) is 18.6 Å². The van der Waals surface area contributed by atoms with Gasteiger partial charge in [-0.25, -0.2) is 17.6 Å². The maximum absolute atomic E-state index is 12.9. The first-order valence-electron chi connectivity index (χ1n) is 8.14. The number of sulfonamides is 1. The first-order chi connectivity index (χ1) is 13.3. The van der Waals surface area contributed by atoms with Crippen LogP contribution in [0.4, 0.5) is 4.39 Å². The predicted octanol–water partition coefficient (Wildman–Crippen LogP) is 2.38. The molecule has 0 saturated carbocycles. The molecule has 1 atom stereocenters. The number of ether oxygens (including phenoxy) is 2. The third-order valence-corrected chi connectivity index (χ3v) is 5.40. The number of methoxy groups -OCH3 is 1. The molecule has 0 fully saturated rings. The molecule has 2 aromatic carbocycles. The Bertz CT molecular complexity index is 928. The highest BCUT2D eigenvalue weighted by Crippen LogP contribution is 2.24. The van der Waals surface area contributed by atoms with E-state index in [1.165, 1.54) is 54.6 Å². The lowest BCUT2D eigenvalue weighted by Gasteiger charge is -2.28. The Labute approximate surface area is 162 Å². The predicted molar refractivity (Wildman–Crippen MR) is 99.9 cm³/mol. The minimum Gasteiger partial charge on any atom is -0.468 e. The van der Waals surface area contributed by atoms with Gasteiger partial charge in [-0.1, -0.05) is 6.08 Å². The summed E-state index contributed by atoms with van der Waals surface area (Å²) in [4.78, 5) is 11.9. The molecule has 2 aromatic rings. The fraction of sp³-hybridized carbons (Fsp3) is 0.211. The molecule has 0 amide bonds. The summed E-state index contributed by atoms with van der Waals surface area (Å²) in [5.41, 5.74) is -1.88. The van der Waals surface area contributed by atoms with E-state index < -0.39 is 34.0 Å². The summed E-state index contributed by atoms with van der Waals surface area (Å²) in [5.74, 6) is -0.628. The van der Waals surface area contributed by atoms with Crippen LogP contribution in [0.25, 0.3) is 0 Å². The van der Waals surface area contributed by atoms with Crippen LogP contribution in [-0.4, -0.2) is 38.7 Å². The fourth-order valence-electron chi connectivity index (χ4n) is 2.41. The molecule has 9 heteroatoms. The van der Waals surface area contributed by atoms with E-state index in [1.807, 2.05) is 0 Å². The minimum absolute atomic E-state index is 0.148. The molecule has 0 radical (unpaired) electrons. The van der Waals surface area contributed by atoms with E-state index >= 15 is 0 Å². The molecule has 0 unspecified atom stereocenters. The summed E-state index contributed by atoms with van der Waals surface area (Å²) in [6, 6.07) is 10.7. The second-order valence-electron chi connectivity index (χ2n) is 5.86. The molecule has 150 valence electrons. The molecule has 28 heavy (non-hydrogen) atoms. The largest absolute Gasteiger partial charge is 0.468 e. The topological polar surface area (TPSA) is 102 Å². The Morgan fingerprint density at radius 3 is 2.18 bits per heavy atom. The van der Waals surface area contributed by atoms with Gasteiger partial charge in [-0.3, -0.25) is 0 Å². The molecule has 2 rings (SSSR count). The number of nitrogens with one attached hydrogen (secondary N) is 1. The third kappa shape index (κ3) is 4.94. The van der Waals surface area contributed by atoms with Gasteiger partial charge in [0.1, 0.15) is 17.3 Å². The van der Waals surface area contributed by atoms with Crippen LogP contribution in [0, 0.1) is 5.82 Å². The molecule has 2 N–H and O–H groups in total. The maximum atomic E-state index is 12.9. The molecular formula is C19H20FNO6S. The van der Waals surface area contributed by atoms with Gasteiger partial charge in [-0.15, -0.1) is 6.58 Å². The van der Waals surface area contributed by atoms with Crippen molar-refractivity contribution in [2.45, 2.75) is 16.9 Å². The lowest BCUT2D eigenvalue weighted by molar-refractivity contribution is -0.149. The van der Waals surface area contributed by atoms with Crippen LogP contribution in [0.2, 0.25) is 0 Å². The first kappa shape index (κ1) is 21.5. The van der Waals surface area contributed by atoms with Crippen LogP contribution in [0.1, 0.15) is 6.42 Å². The monoisotopic (exact) mass is 409 g/mol. The van der Waals surface area contributed by atoms with Crippen molar-refractivity contribution in [2.24, 2.45) is 0 Å². The molecule has 0 spiro atoms. The SMILES string of the molecule is C=CC[C@@](CO)(NS(=O)(=O)c1ccc(Oc2ccc(F)cc2)cc1)C(=O)OC. The van der Waals surface area contributed by atoms with Crippen LogP contribution in [-0.2, 0) is 19.6 Å². The van der Waals surface area contributed by atoms with E-state index in [0.717, 1.165) is 7.11 Å². The lowest BCUT2D eigenvalue weighted by atomic mass is 9.98. The average Bonchev–Trinajstić information content (AvgIpc) is 2.69. The first-order valence-corrected chi connectivity index (χ1v) is 9.62. The molecule has 0 saturated heterocycles. The number of aliphatic hydroxyl groups is 1. The number of halogens is 1. The summed E-state index contributed by atoms with van der Waals surface area (Å²) in [6.45, 7) is 2.67. The van der Waals surface area contributed by atoms with E-state index in [2.05, 4.69) is 16.0 Å². The number of esters is 1. The van der Waals surface area contributed by atoms with Crippen molar-refractivity contribution in [3.63, 3.8) is 0 Å². The van der Waals surface area contributed by atoms with Crippen molar-refractivity contribution in [3.8, 4) is 11.5 Å². The summed E-state index contributed by atoms with van der Waals surface area (Å²) in [7, 11) is -3.08. The summed E-state index contributed by atoms with van der Waals surface area (Å²) < 4.78 is 50.6. The van der Waals surface area contributed by atoms with E-state index in [-0.39, 0.29) is 11.3 Å². The second-order valence-corrected chi connectivity index (χ2v) is 7.54. The molecule has 0 aromatic heterocycles. The molecule has 0 aliphatic rings. The van der Waals surface area contributed by atoms with Crippen molar-refractivity contribution < 1.29 is 32.2 Å². The fourth-order valence-corrected chi connectivity index (χ4v) is 3.77. The normalized spacial score (nSPS) is 13.4. The smallest absolute Gasteiger partial charge is 0.329 e. The maximum Gasteiger partial charge on any atom is 0.329 e. The van der Waals surface area contributed by atoms with E-state index in [4.69, 9.17) is 4.74 Å². The number of hydrogen-bond acceptors (Lipinski definition) is 6. The quantitative estimate of drug-likeness (QED) is 0.487. The summed E-state index contributed by atoms with van der Waals surface area (Å²) >= 11 is 0. The Balaban J connectivity index is 2.23. The van der Waals surface area contributed by atoms with Gasteiger partial charge in [0.15, 0.2) is 5.54 Å². The number of hydrogen-bond donors (Lipinski definition) is 2. The number of carbonyl (C=O) groups is 1. The van der Waals surface area contributed by atoms with Gasteiger partial charge in [0.25, 0.3) is 0 Å². The van der Waals surface area contributed by atoms with Gasteiger partial charge in [-0.05, 0) is 55.0 Å². The highest BCUT2D eigenvalue weighted by molar-refractivity contribution is 7.89. The second kappa shape index (κ2) is 8.96. The molecule has 0 heterocycles. The van der Waals surface area contributed by atoms with Crippen molar-refractivity contribution in [1.82, 2.24) is 4.72 Å². The van der Waals surface area contributed by atoms with E-state index in [1.54, 1.807) is 0 Å². The van der Waals surface area contributed by atoms with Crippen molar-refractivity contribution >= 4 is 16.0 Å². The van der Waals surface area contributed by atoms with Gasteiger partial charge in [-0.2, -0.15) is 4.72 Å². The van der Waals surface area contributed by atoms with Crippen LogP contribution >= 0.6 is 0 Å². The van der Waals surface area contributed by atoms with Gasteiger partial charge in [0, 0.05) is 0 Å². The van der Waals surface area contributed by atoms with Crippen LogP contribution in [0.5, 0.6) is 11.5 Å². The number of carbonyl (C=O) groups excluding carboxylic acids is 1. The lowest BCUT2D eigenvalue weighted by Crippen LogP contribution is -2.57. The zero-order valence-electron chi connectivity index (χ0n) is 15.1. The Morgan fingerprint density at radius 2 is 1.71 bits per heavy atom. The standard InChI is InChI=1S/C19H20FNO6S/c1-3-12-19(13-22,18(23)26-2)21-28(24,25)17-10-8-16(9-11-17)27-15-6-4-14(20)5-7-15/h3-11,21-22H,1,12-13H2,2H3/t19-/m0/s1. The highest BCUT2D eigenvalue weighted by Gasteiger charge is 2.42. The van der Waals surface area contributed by atoms with E-state index in [9.17, 15) is 22.7 Å². The molecule has 0 aliphatic carbocycles. The Kier molecular flexibility index (Phi) is 6.90. The number of aliphatic hydroxyl groups excluding tert-OH is 1. The van der Waals surface area contributed by atoms with E-state index in [0.29, 0.717) is 11.5 Å². The van der Waals surface area contributed by atoms with Gasteiger partial charge < -0.3 is 14.6 Å². The van der Waals surface area contributed by atoms with Gasteiger partial charge in [0.2, 0.25) is 10.0 Å². The number of benzene rings is 2. The summed E-state index contributed by atoms with van der Waals surface area (Å²) in [6.07, 6.45) is 1.14. The zero-order valence-corrected chi connectivity index (χ0v) is 15.9.